The van der Waals surface area contributed by atoms with Gasteiger partial charge >= 0.3 is 11.1 Å². The predicted molar refractivity (Wildman–Crippen MR) is 85.5 cm³/mol. The molecule has 2 rings (SSSR count). The zero-order chi connectivity index (χ0) is 15.6. The molecule has 0 spiro atoms. The Kier molecular flexibility index (Phi) is 4.68. The van der Waals surface area contributed by atoms with Crippen LogP contribution < -0.4 is 11.1 Å². The summed E-state index contributed by atoms with van der Waals surface area (Å²) >= 11 is 6.07. The van der Waals surface area contributed by atoms with Crippen LogP contribution in [0.3, 0.4) is 0 Å². The largest absolute Gasteiger partial charge is 0.320 e. The van der Waals surface area contributed by atoms with Gasteiger partial charge in [0.15, 0.2) is 0 Å². The summed E-state index contributed by atoms with van der Waals surface area (Å²) in [6.45, 7) is 6.61. The third-order valence-corrected chi connectivity index (χ3v) is 3.85. The molecule has 0 aliphatic carbocycles. The van der Waals surface area contributed by atoms with Crippen molar-refractivity contribution in [3.63, 3.8) is 0 Å². The molecule has 0 saturated carbocycles. The summed E-state index contributed by atoms with van der Waals surface area (Å²) in [4.78, 5) is 24.3. The van der Waals surface area contributed by atoms with Crippen LogP contribution in [0.15, 0.2) is 40.2 Å². The lowest BCUT2D eigenvalue weighted by Gasteiger charge is -2.11. The number of rotatable bonds is 4. The summed E-state index contributed by atoms with van der Waals surface area (Å²) in [6.07, 6.45) is 4.13. The molecule has 0 fully saturated rings. The van der Waals surface area contributed by atoms with Gasteiger partial charge in [-0.05, 0) is 37.0 Å². The molecule has 2 aromatic rings. The van der Waals surface area contributed by atoms with Crippen molar-refractivity contribution in [2.45, 2.75) is 33.7 Å². The van der Waals surface area contributed by atoms with E-state index in [4.69, 9.17) is 11.6 Å². The molecule has 5 heteroatoms. The Morgan fingerprint density at radius 3 is 2.48 bits per heavy atom. The molecule has 0 saturated heterocycles. The van der Waals surface area contributed by atoms with Gasteiger partial charge in [0.1, 0.15) is 0 Å². The standard InChI is InChI=1S/C16H19ClN2O2/c1-11(2)6-7-18-8-9-19(16(21)15(18)20)13-5-4-12(3)14(17)10-13/h4-5,8-11H,6-7H2,1-3H3. The molecule has 21 heavy (non-hydrogen) atoms. The second kappa shape index (κ2) is 6.31. The van der Waals surface area contributed by atoms with E-state index < -0.39 is 11.1 Å². The van der Waals surface area contributed by atoms with Gasteiger partial charge in [0.2, 0.25) is 0 Å². The lowest BCUT2D eigenvalue weighted by atomic mass is 10.1. The van der Waals surface area contributed by atoms with Gasteiger partial charge in [0.25, 0.3) is 0 Å². The Morgan fingerprint density at radius 1 is 1.14 bits per heavy atom. The lowest BCUT2D eigenvalue weighted by Crippen LogP contribution is -2.40. The highest BCUT2D eigenvalue weighted by Crippen LogP contribution is 2.18. The Labute approximate surface area is 128 Å². The molecule has 4 nitrogen and oxygen atoms in total. The van der Waals surface area contributed by atoms with E-state index in [2.05, 4.69) is 13.8 Å². The van der Waals surface area contributed by atoms with Crippen molar-refractivity contribution in [3.05, 3.63) is 61.9 Å². The van der Waals surface area contributed by atoms with E-state index >= 15 is 0 Å². The van der Waals surface area contributed by atoms with E-state index in [0.29, 0.717) is 23.2 Å². The number of aromatic nitrogens is 2. The van der Waals surface area contributed by atoms with Crippen LogP contribution in [-0.2, 0) is 6.54 Å². The van der Waals surface area contributed by atoms with E-state index in [9.17, 15) is 9.59 Å². The van der Waals surface area contributed by atoms with Crippen LogP contribution in [0.1, 0.15) is 25.8 Å². The van der Waals surface area contributed by atoms with Crippen molar-refractivity contribution >= 4 is 11.6 Å². The monoisotopic (exact) mass is 306 g/mol. The molecular weight excluding hydrogens is 288 g/mol. The zero-order valence-electron chi connectivity index (χ0n) is 12.5. The number of halogens is 1. The maximum absolute atomic E-state index is 12.2. The number of benzene rings is 1. The summed E-state index contributed by atoms with van der Waals surface area (Å²) in [5, 5.41) is 0.573. The summed E-state index contributed by atoms with van der Waals surface area (Å²) in [5.74, 6) is 0.482. The minimum Gasteiger partial charge on any atom is -0.309 e. The molecular formula is C16H19ClN2O2. The Balaban J connectivity index is 2.43. The highest BCUT2D eigenvalue weighted by molar-refractivity contribution is 6.31. The second-order valence-corrected chi connectivity index (χ2v) is 6.00. The number of aryl methyl sites for hydroxylation is 2. The van der Waals surface area contributed by atoms with Crippen LogP contribution >= 0.6 is 11.6 Å². The van der Waals surface area contributed by atoms with Gasteiger partial charge in [0, 0.05) is 24.0 Å². The van der Waals surface area contributed by atoms with Crippen molar-refractivity contribution in [1.82, 2.24) is 9.13 Å². The minimum atomic E-state index is -0.554. The molecule has 0 unspecified atom stereocenters. The molecule has 0 aliphatic heterocycles. The maximum atomic E-state index is 12.2. The summed E-state index contributed by atoms with van der Waals surface area (Å²) < 4.78 is 2.80. The minimum absolute atomic E-state index is 0.482. The first-order valence-electron chi connectivity index (χ1n) is 6.98. The smallest absolute Gasteiger partial charge is 0.309 e. The van der Waals surface area contributed by atoms with Crippen molar-refractivity contribution < 1.29 is 0 Å². The Hall–Kier alpha value is -1.81. The molecule has 0 bridgehead atoms. The van der Waals surface area contributed by atoms with E-state index in [-0.39, 0.29) is 0 Å². The van der Waals surface area contributed by atoms with Crippen LogP contribution in [-0.4, -0.2) is 9.13 Å². The maximum Gasteiger partial charge on any atom is 0.320 e. The van der Waals surface area contributed by atoms with Crippen molar-refractivity contribution in [2.75, 3.05) is 0 Å². The van der Waals surface area contributed by atoms with Gasteiger partial charge in [0.05, 0.1) is 5.69 Å². The number of hydrogen-bond acceptors (Lipinski definition) is 2. The zero-order valence-corrected chi connectivity index (χ0v) is 13.2. The first-order valence-corrected chi connectivity index (χ1v) is 7.36. The average Bonchev–Trinajstić information content (AvgIpc) is 2.43. The van der Waals surface area contributed by atoms with Gasteiger partial charge < -0.3 is 4.57 Å². The first kappa shape index (κ1) is 15.6. The molecule has 1 aromatic carbocycles. The Bertz CT molecular complexity index is 760. The normalized spacial score (nSPS) is 11.1. The van der Waals surface area contributed by atoms with E-state index in [0.717, 1.165) is 12.0 Å². The number of hydrogen-bond donors (Lipinski definition) is 0. The predicted octanol–water partition coefficient (Wildman–Crippen LogP) is 3.01. The topological polar surface area (TPSA) is 44.0 Å². The SMILES string of the molecule is Cc1ccc(-n2ccn(CCC(C)C)c(=O)c2=O)cc1Cl. The van der Waals surface area contributed by atoms with Crippen molar-refractivity contribution in [3.8, 4) is 5.69 Å². The lowest BCUT2D eigenvalue weighted by molar-refractivity contribution is 0.503. The summed E-state index contributed by atoms with van der Waals surface area (Å²) in [5.41, 5.74) is 0.471. The Morgan fingerprint density at radius 2 is 1.86 bits per heavy atom. The van der Waals surface area contributed by atoms with Crippen LogP contribution in [0, 0.1) is 12.8 Å². The summed E-state index contributed by atoms with van der Waals surface area (Å²) in [7, 11) is 0. The van der Waals surface area contributed by atoms with E-state index in [1.807, 2.05) is 13.0 Å². The van der Waals surface area contributed by atoms with E-state index in [1.165, 1.54) is 9.13 Å². The van der Waals surface area contributed by atoms with Crippen LogP contribution in [0.2, 0.25) is 5.02 Å². The summed E-state index contributed by atoms with van der Waals surface area (Å²) in [6, 6.07) is 5.30. The fourth-order valence-corrected chi connectivity index (χ4v) is 2.19. The molecule has 112 valence electrons. The van der Waals surface area contributed by atoms with Crippen molar-refractivity contribution in [1.29, 1.82) is 0 Å². The van der Waals surface area contributed by atoms with Gasteiger partial charge in [-0.25, -0.2) is 0 Å². The quantitative estimate of drug-likeness (QED) is 0.815. The average molecular weight is 307 g/mol. The highest BCUT2D eigenvalue weighted by atomic mass is 35.5. The third kappa shape index (κ3) is 3.45. The van der Waals surface area contributed by atoms with Gasteiger partial charge in [-0.1, -0.05) is 31.5 Å². The molecule has 1 aromatic heterocycles. The molecule has 0 amide bonds. The van der Waals surface area contributed by atoms with Crippen molar-refractivity contribution in [2.24, 2.45) is 5.92 Å². The molecule has 0 aliphatic rings. The van der Waals surface area contributed by atoms with E-state index in [1.54, 1.807) is 24.5 Å². The first-order chi connectivity index (χ1) is 9.90. The molecule has 0 atom stereocenters. The van der Waals surface area contributed by atoms with Gasteiger partial charge in [-0.3, -0.25) is 14.2 Å². The number of nitrogens with zero attached hydrogens (tertiary/aromatic N) is 2. The highest BCUT2D eigenvalue weighted by Gasteiger charge is 2.08. The van der Waals surface area contributed by atoms with Gasteiger partial charge in [-0.2, -0.15) is 0 Å². The van der Waals surface area contributed by atoms with Crippen LogP contribution in [0.4, 0.5) is 0 Å². The second-order valence-electron chi connectivity index (χ2n) is 5.59. The third-order valence-electron chi connectivity index (χ3n) is 3.44. The molecule has 0 N–H and O–H groups in total. The molecule has 0 radical (unpaired) electrons. The van der Waals surface area contributed by atoms with Gasteiger partial charge in [-0.15, -0.1) is 0 Å². The van der Waals surface area contributed by atoms with Crippen LogP contribution in [0.5, 0.6) is 0 Å². The molecule has 1 heterocycles. The van der Waals surface area contributed by atoms with Crippen LogP contribution in [0.25, 0.3) is 5.69 Å². The fraction of sp³-hybridized carbons (Fsp3) is 0.375. The fourth-order valence-electron chi connectivity index (χ4n) is 2.02.